The van der Waals surface area contributed by atoms with Crippen LogP contribution in [0.2, 0.25) is 5.15 Å². The highest BCUT2D eigenvalue weighted by Crippen LogP contribution is 2.27. The summed E-state index contributed by atoms with van der Waals surface area (Å²) in [6.07, 6.45) is 2.88. The van der Waals surface area contributed by atoms with Gasteiger partial charge in [-0.25, -0.2) is 8.42 Å². The number of carbonyl (C=O) groups is 1. The fourth-order valence-electron chi connectivity index (χ4n) is 2.97. The average molecular weight is 417 g/mol. The molecule has 1 saturated heterocycles. The summed E-state index contributed by atoms with van der Waals surface area (Å²) in [4.78, 5) is 13.1. The van der Waals surface area contributed by atoms with E-state index in [1.165, 1.54) is 16.0 Å². The van der Waals surface area contributed by atoms with Crippen LogP contribution in [0.1, 0.15) is 40.2 Å². The number of thiophene rings is 1. The third-order valence-corrected chi connectivity index (χ3v) is 8.23. The number of nitrogens with zero attached hydrogens (tertiary/aromatic N) is 3. The molecule has 0 unspecified atom stereocenters. The van der Waals surface area contributed by atoms with E-state index in [1.54, 1.807) is 30.4 Å². The molecule has 1 aliphatic heterocycles. The van der Waals surface area contributed by atoms with Crippen LogP contribution in [-0.4, -0.2) is 41.5 Å². The van der Waals surface area contributed by atoms with Gasteiger partial charge in [0.05, 0.1) is 17.8 Å². The van der Waals surface area contributed by atoms with E-state index in [-0.39, 0.29) is 17.6 Å². The third kappa shape index (κ3) is 3.80. The van der Waals surface area contributed by atoms with Crippen LogP contribution in [0.15, 0.2) is 16.3 Å². The molecule has 0 aromatic carbocycles. The molecule has 1 aliphatic rings. The van der Waals surface area contributed by atoms with Crippen molar-refractivity contribution in [3.05, 3.63) is 33.4 Å². The molecule has 0 spiro atoms. The first kappa shape index (κ1) is 19.3. The maximum absolute atomic E-state index is 12.7. The molecule has 3 heterocycles. The largest absolute Gasteiger partial charge is 0.347 e. The molecule has 0 saturated carbocycles. The Bertz CT molecular complexity index is 914. The van der Waals surface area contributed by atoms with Crippen molar-refractivity contribution in [2.75, 3.05) is 13.1 Å². The molecule has 0 radical (unpaired) electrons. The van der Waals surface area contributed by atoms with Crippen LogP contribution in [0, 0.1) is 6.92 Å². The van der Waals surface area contributed by atoms with Crippen LogP contribution in [0.4, 0.5) is 0 Å². The highest BCUT2D eigenvalue weighted by Gasteiger charge is 2.27. The summed E-state index contributed by atoms with van der Waals surface area (Å²) in [5, 5.41) is 7.17. The molecule has 3 rings (SSSR count). The van der Waals surface area contributed by atoms with Crippen LogP contribution < -0.4 is 5.32 Å². The number of hydrogen-bond acceptors (Lipinski definition) is 5. The molecule has 142 valence electrons. The van der Waals surface area contributed by atoms with Gasteiger partial charge in [-0.2, -0.15) is 9.40 Å². The Morgan fingerprint density at radius 2 is 2.00 bits per heavy atom. The van der Waals surface area contributed by atoms with Crippen LogP contribution in [0.25, 0.3) is 0 Å². The smallest absolute Gasteiger partial charge is 0.256 e. The van der Waals surface area contributed by atoms with Gasteiger partial charge < -0.3 is 5.32 Å². The Morgan fingerprint density at radius 3 is 2.62 bits per heavy atom. The molecule has 1 N–H and O–H groups in total. The average Bonchev–Trinajstić information content (AvgIpc) is 3.19. The van der Waals surface area contributed by atoms with Gasteiger partial charge >= 0.3 is 0 Å². The van der Waals surface area contributed by atoms with Gasteiger partial charge in [0, 0.05) is 25.0 Å². The molecular weight excluding hydrogens is 396 g/mol. The highest BCUT2D eigenvalue weighted by atomic mass is 35.5. The monoisotopic (exact) mass is 416 g/mol. The van der Waals surface area contributed by atoms with Crippen molar-refractivity contribution in [2.45, 2.75) is 36.9 Å². The van der Waals surface area contributed by atoms with E-state index in [2.05, 4.69) is 10.4 Å². The molecular formula is C16H21ClN4O3S2. The lowest BCUT2D eigenvalue weighted by Gasteiger charge is -2.25. The quantitative estimate of drug-likeness (QED) is 0.811. The lowest BCUT2D eigenvalue weighted by atomic mass is 10.2. The fourth-order valence-corrected chi connectivity index (χ4v) is 6.20. The predicted octanol–water partition coefficient (Wildman–Crippen LogP) is 2.55. The Labute approximate surface area is 162 Å². The van der Waals surface area contributed by atoms with Crippen LogP contribution in [0.3, 0.4) is 0 Å². The standard InChI is InChI=1S/C16H21ClN4O3S2/c1-11-14(15(17)20(2)19-11)16(22)18-10-12-6-7-13(25-12)26(23,24)21-8-4-3-5-9-21/h6-7H,3-5,8-10H2,1-2H3,(H,18,22). The molecule has 1 amide bonds. The third-order valence-electron chi connectivity index (χ3n) is 4.35. The van der Waals surface area contributed by atoms with Crippen molar-refractivity contribution in [3.63, 3.8) is 0 Å². The van der Waals surface area contributed by atoms with E-state index in [0.29, 0.717) is 28.6 Å². The lowest BCUT2D eigenvalue weighted by Crippen LogP contribution is -2.35. The molecule has 7 nitrogen and oxygen atoms in total. The Morgan fingerprint density at radius 1 is 1.31 bits per heavy atom. The van der Waals surface area contributed by atoms with Crippen molar-refractivity contribution in [1.29, 1.82) is 0 Å². The Hall–Kier alpha value is -1.42. The molecule has 0 aliphatic carbocycles. The number of rotatable bonds is 5. The van der Waals surface area contributed by atoms with Crippen molar-refractivity contribution < 1.29 is 13.2 Å². The molecule has 0 bridgehead atoms. The number of aromatic nitrogens is 2. The van der Waals surface area contributed by atoms with E-state index in [9.17, 15) is 13.2 Å². The topological polar surface area (TPSA) is 84.3 Å². The van der Waals surface area contributed by atoms with E-state index in [4.69, 9.17) is 11.6 Å². The van der Waals surface area contributed by atoms with Gasteiger partial charge in [-0.1, -0.05) is 18.0 Å². The first-order valence-corrected chi connectivity index (χ1v) is 11.0. The van der Waals surface area contributed by atoms with Crippen LogP contribution >= 0.6 is 22.9 Å². The molecule has 1 fully saturated rings. The molecule has 10 heteroatoms. The zero-order chi connectivity index (χ0) is 18.9. The summed E-state index contributed by atoms with van der Waals surface area (Å²) < 4.78 is 28.7. The predicted molar refractivity (Wildman–Crippen MR) is 101 cm³/mol. The molecule has 0 atom stereocenters. The minimum Gasteiger partial charge on any atom is -0.347 e. The lowest BCUT2D eigenvalue weighted by molar-refractivity contribution is 0.0951. The minimum atomic E-state index is -3.44. The minimum absolute atomic E-state index is 0.240. The van der Waals surface area contributed by atoms with Gasteiger partial charge in [0.25, 0.3) is 15.9 Å². The van der Waals surface area contributed by atoms with Gasteiger partial charge in [0.15, 0.2) is 0 Å². The fraction of sp³-hybridized carbons (Fsp3) is 0.500. The number of sulfonamides is 1. The molecule has 2 aromatic rings. The maximum atomic E-state index is 12.7. The summed E-state index contributed by atoms with van der Waals surface area (Å²) in [5.41, 5.74) is 0.890. The Balaban J connectivity index is 1.68. The zero-order valence-corrected chi connectivity index (χ0v) is 17.0. The SMILES string of the molecule is Cc1nn(C)c(Cl)c1C(=O)NCc1ccc(S(=O)(=O)N2CCCCC2)s1. The number of carbonyl (C=O) groups excluding carboxylic acids is 1. The summed E-state index contributed by atoms with van der Waals surface area (Å²) in [6.45, 7) is 3.11. The summed E-state index contributed by atoms with van der Waals surface area (Å²) >= 11 is 7.28. The van der Waals surface area contributed by atoms with Crippen molar-refractivity contribution in [1.82, 2.24) is 19.4 Å². The highest BCUT2D eigenvalue weighted by molar-refractivity contribution is 7.91. The van der Waals surface area contributed by atoms with Gasteiger partial charge in [0.1, 0.15) is 9.36 Å². The van der Waals surface area contributed by atoms with E-state index >= 15 is 0 Å². The van der Waals surface area contributed by atoms with Gasteiger partial charge in [0.2, 0.25) is 0 Å². The van der Waals surface area contributed by atoms with Crippen LogP contribution in [-0.2, 0) is 23.6 Å². The number of aryl methyl sites for hydroxylation is 2. The second-order valence-electron chi connectivity index (χ2n) is 6.24. The van der Waals surface area contributed by atoms with Gasteiger partial charge in [-0.3, -0.25) is 9.48 Å². The van der Waals surface area contributed by atoms with Gasteiger partial charge in [-0.15, -0.1) is 11.3 Å². The van der Waals surface area contributed by atoms with Crippen LogP contribution in [0.5, 0.6) is 0 Å². The first-order chi connectivity index (χ1) is 12.3. The number of nitrogens with one attached hydrogen (secondary N) is 1. The number of piperidine rings is 1. The second kappa shape index (κ2) is 7.67. The normalized spacial score (nSPS) is 16.0. The molecule has 2 aromatic heterocycles. The van der Waals surface area contributed by atoms with Crippen molar-refractivity contribution in [3.8, 4) is 0 Å². The summed E-state index contributed by atoms with van der Waals surface area (Å²) in [7, 11) is -1.77. The number of amides is 1. The van der Waals surface area contributed by atoms with E-state index < -0.39 is 10.0 Å². The summed E-state index contributed by atoms with van der Waals surface area (Å²) in [6, 6.07) is 3.35. The number of halogens is 1. The zero-order valence-electron chi connectivity index (χ0n) is 14.7. The van der Waals surface area contributed by atoms with E-state index in [1.807, 2.05) is 0 Å². The second-order valence-corrected chi connectivity index (χ2v) is 9.93. The van der Waals surface area contributed by atoms with Crippen molar-refractivity contribution in [2.24, 2.45) is 7.05 Å². The summed E-state index contributed by atoms with van der Waals surface area (Å²) in [5.74, 6) is -0.325. The Kier molecular flexibility index (Phi) is 5.71. The molecule has 26 heavy (non-hydrogen) atoms. The van der Waals surface area contributed by atoms with E-state index in [0.717, 1.165) is 24.1 Å². The number of hydrogen-bond donors (Lipinski definition) is 1. The van der Waals surface area contributed by atoms with Crippen molar-refractivity contribution >= 4 is 38.9 Å². The van der Waals surface area contributed by atoms with Gasteiger partial charge in [-0.05, 0) is 31.9 Å². The maximum Gasteiger partial charge on any atom is 0.256 e. The first-order valence-electron chi connectivity index (χ1n) is 8.37.